The monoisotopic (exact) mass is 308 g/mol. The van der Waals surface area contributed by atoms with E-state index >= 15 is 0 Å². The van der Waals surface area contributed by atoms with Gasteiger partial charge in [-0.2, -0.15) is 5.10 Å². The number of likely N-dealkylation sites (tertiary alicyclic amines) is 1. The van der Waals surface area contributed by atoms with Crippen molar-refractivity contribution in [2.75, 3.05) is 13.1 Å². The molecule has 1 aromatic carbocycles. The summed E-state index contributed by atoms with van der Waals surface area (Å²) < 4.78 is 0. The third-order valence-corrected chi connectivity index (χ3v) is 4.31. The molecule has 3 N–H and O–H groups in total. The minimum atomic E-state index is -0.0458. The normalized spacial score (nSPS) is 21.1. The average Bonchev–Trinajstić information content (AvgIpc) is 2.89. The van der Waals surface area contributed by atoms with Gasteiger partial charge in [-0.05, 0) is 17.9 Å². The summed E-state index contributed by atoms with van der Waals surface area (Å²) in [6, 6.07) is 5.84. The van der Waals surface area contributed by atoms with Crippen molar-refractivity contribution in [2.45, 2.75) is 26.3 Å². The fourth-order valence-electron chi connectivity index (χ4n) is 2.86. The number of nitrogens with zero attached hydrogens (tertiary/aromatic N) is 2. The number of nitrogens with one attached hydrogen (secondary N) is 1. The molecular formula is C15H21ClN4O. The van der Waals surface area contributed by atoms with E-state index in [-0.39, 0.29) is 29.8 Å². The van der Waals surface area contributed by atoms with Crippen LogP contribution in [0.25, 0.3) is 10.9 Å². The van der Waals surface area contributed by atoms with Gasteiger partial charge in [0.05, 0.1) is 17.3 Å². The van der Waals surface area contributed by atoms with E-state index in [0.29, 0.717) is 18.7 Å². The number of piperidine rings is 1. The lowest BCUT2D eigenvalue weighted by Gasteiger charge is -2.42. The summed E-state index contributed by atoms with van der Waals surface area (Å²) in [5, 5.41) is 7.89. The van der Waals surface area contributed by atoms with Gasteiger partial charge in [-0.1, -0.05) is 26.0 Å². The summed E-state index contributed by atoms with van der Waals surface area (Å²) in [5.74, 6) is 0.0554. The Morgan fingerprint density at radius 1 is 1.48 bits per heavy atom. The van der Waals surface area contributed by atoms with Crippen LogP contribution in [0.2, 0.25) is 0 Å². The van der Waals surface area contributed by atoms with E-state index < -0.39 is 0 Å². The fraction of sp³-hybridized carbons (Fsp3) is 0.467. The molecule has 5 nitrogen and oxygen atoms in total. The number of amides is 1. The van der Waals surface area contributed by atoms with Crippen molar-refractivity contribution in [3.8, 4) is 0 Å². The maximum atomic E-state index is 12.7. The predicted octanol–water partition coefficient (Wildman–Crippen LogP) is 2.18. The third kappa shape index (κ3) is 2.76. The molecule has 0 aliphatic carbocycles. The molecule has 1 amide bonds. The Balaban J connectivity index is 0.00000161. The number of benzene rings is 1. The van der Waals surface area contributed by atoms with Gasteiger partial charge in [-0.15, -0.1) is 12.4 Å². The lowest BCUT2D eigenvalue weighted by Crippen LogP contribution is -2.54. The van der Waals surface area contributed by atoms with Gasteiger partial charge < -0.3 is 10.6 Å². The second kappa shape index (κ2) is 5.66. The number of para-hydroxylation sites is 1. The summed E-state index contributed by atoms with van der Waals surface area (Å²) in [5.41, 5.74) is 7.58. The molecule has 0 bridgehead atoms. The lowest BCUT2D eigenvalue weighted by molar-refractivity contribution is 0.0534. The Kier molecular flexibility index (Phi) is 4.25. The van der Waals surface area contributed by atoms with Crippen LogP contribution in [0.4, 0.5) is 0 Å². The second-order valence-electron chi connectivity index (χ2n) is 6.25. The van der Waals surface area contributed by atoms with Crippen LogP contribution in [-0.4, -0.2) is 40.1 Å². The maximum Gasteiger partial charge on any atom is 0.256 e. The Hall–Kier alpha value is -1.59. The topological polar surface area (TPSA) is 75.0 Å². The summed E-state index contributed by atoms with van der Waals surface area (Å²) >= 11 is 0. The number of fused-ring (bicyclic) bond motifs is 1. The second-order valence-corrected chi connectivity index (χ2v) is 6.25. The summed E-state index contributed by atoms with van der Waals surface area (Å²) in [4.78, 5) is 14.6. The molecule has 1 fully saturated rings. The Bertz CT molecular complexity index is 652. The van der Waals surface area contributed by atoms with E-state index in [4.69, 9.17) is 5.73 Å². The summed E-state index contributed by atoms with van der Waals surface area (Å²) in [7, 11) is 0. The Morgan fingerprint density at radius 3 is 2.95 bits per heavy atom. The van der Waals surface area contributed by atoms with Crippen LogP contribution in [0, 0.1) is 5.41 Å². The van der Waals surface area contributed by atoms with Gasteiger partial charge in [0.25, 0.3) is 5.91 Å². The number of hydrogen-bond donors (Lipinski definition) is 2. The van der Waals surface area contributed by atoms with E-state index in [0.717, 1.165) is 17.3 Å². The van der Waals surface area contributed by atoms with Crippen LogP contribution < -0.4 is 5.73 Å². The molecular weight excluding hydrogens is 288 g/mol. The van der Waals surface area contributed by atoms with Gasteiger partial charge in [0.2, 0.25) is 0 Å². The molecule has 1 unspecified atom stereocenters. The highest BCUT2D eigenvalue weighted by Gasteiger charge is 2.35. The SMILES string of the molecule is CC1(C)CN(C(=O)c2cccc3cn[nH]c23)CCC1N.Cl. The minimum absolute atomic E-state index is 0. The predicted molar refractivity (Wildman–Crippen MR) is 85.6 cm³/mol. The van der Waals surface area contributed by atoms with Gasteiger partial charge in [-0.3, -0.25) is 9.89 Å². The number of hydrogen-bond acceptors (Lipinski definition) is 3. The molecule has 21 heavy (non-hydrogen) atoms. The fourth-order valence-corrected chi connectivity index (χ4v) is 2.86. The average molecular weight is 309 g/mol. The number of rotatable bonds is 1. The molecule has 2 aromatic rings. The van der Waals surface area contributed by atoms with Gasteiger partial charge in [0.15, 0.2) is 0 Å². The van der Waals surface area contributed by atoms with Crippen molar-refractivity contribution in [1.29, 1.82) is 0 Å². The molecule has 1 aliphatic rings. The number of carbonyl (C=O) groups is 1. The highest BCUT2D eigenvalue weighted by molar-refractivity contribution is 6.05. The number of aromatic nitrogens is 2. The Labute approximate surface area is 130 Å². The van der Waals surface area contributed by atoms with E-state index in [2.05, 4.69) is 24.0 Å². The zero-order valence-electron chi connectivity index (χ0n) is 12.3. The highest BCUT2D eigenvalue weighted by atomic mass is 35.5. The molecule has 0 saturated carbocycles. The first-order valence-corrected chi connectivity index (χ1v) is 6.96. The smallest absolute Gasteiger partial charge is 0.256 e. The third-order valence-electron chi connectivity index (χ3n) is 4.31. The van der Waals surface area contributed by atoms with Crippen molar-refractivity contribution >= 4 is 29.2 Å². The minimum Gasteiger partial charge on any atom is -0.338 e. The standard InChI is InChI=1S/C15H20N4O.ClH/c1-15(2)9-19(7-6-12(15)16)14(20)11-5-3-4-10-8-17-18-13(10)11;/h3-5,8,12H,6-7,9,16H2,1-2H3,(H,17,18);1H. The van der Waals surface area contributed by atoms with Crippen molar-refractivity contribution in [3.63, 3.8) is 0 Å². The number of carbonyl (C=O) groups excluding carboxylic acids is 1. The van der Waals surface area contributed by atoms with Crippen LogP contribution in [0.5, 0.6) is 0 Å². The molecule has 114 valence electrons. The van der Waals surface area contributed by atoms with Crippen LogP contribution in [0.1, 0.15) is 30.6 Å². The first-order valence-electron chi connectivity index (χ1n) is 6.96. The van der Waals surface area contributed by atoms with Crippen LogP contribution in [-0.2, 0) is 0 Å². The van der Waals surface area contributed by atoms with Crippen LogP contribution >= 0.6 is 12.4 Å². The molecule has 1 aromatic heterocycles. The van der Waals surface area contributed by atoms with Gasteiger partial charge >= 0.3 is 0 Å². The van der Waals surface area contributed by atoms with E-state index in [1.54, 1.807) is 6.20 Å². The molecule has 3 rings (SSSR count). The number of nitrogens with two attached hydrogens (primary N) is 1. The molecule has 1 atom stereocenters. The summed E-state index contributed by atoms with van der Waals surface area (Å²) in [6.45, 7) is 5.65. The first-order chi connectivity index (χ1) is 9.49. The largest absolute Gasteiger partial charge is 0.338 e. The number of halogens is 1. The van der Waals surface area contributed by atoms with E-state index in [1.807, 2.05) is 23.1 Å². The zero-order valence-corrected chi connectivity index (χ0v) is 13.1. The number of aromatic amines is 1. The molecule has 0 spiro atoms. The van der Waals surface area contributed by atoms with Crippen molar-refractivity contribution in [1.82, 2.24) is 15.1 Å². The van der Waals surface area contributed by atoms with Gasteiger partial charge in [0, 0.05) is 24.5 Å². The van der Waals surface area contributed by atoms with Crippen LogP contribution in [0.3, 0.4) is 0 Å². The molecule has 1 aliphatic heterocycles. The Morgan fingerprint density at radius 2 is 2.24 bits per heavy atom. The first kappa shape index (κ1) is 15.8. The van der Waals surface area contributed by atoms with Crippen molar-refractivity contribution < 1.29 is 4.79 Å². The quantitative estimate of drug-likeness (QED) is 0.848. The van der Waals surface area contributed by atoms with Crippen molar-refractivity contribution in [3.05, 3.63) is 30.0 Å². The van der Waals surface area contributed by atoms with Crippen LogP contribution in [0.15, 0.2) is 24.4 Å². The summed E-state index contributed by atoms with van der Waals surface area (Å²) in [6.07, 6.45) is 2.58. The molecule has 6 heteroatoms. The molecule has 2 heterocycles. The highest BCUT2D eigenvalue weighted by Crippen LogP contribution is 2.29. The van der Waals surface area contributed by atoms with Gasteiger partial charge in [0.1, 0.15) is 0 Å². The maximum absolute atomic E-state index is 12.7. The van der Waals surface area contributed by atoms with Crippen molar-refractivity contribution in [2.24, 2.45) is 11.1 Å². The number of H-pyrrole nitrogens is 1. The van der Waals surface area contributed by atoms with E-state index in [9.17, 15) is 4.79 Å². The molecule has 0 radical (unpaired) electrons. The van der Waals surface area contributed by atoms with E-state index in [1.165, 1.54) is 0 Å². The molecule has 1 saturated heterocycles. The zero-order chi connectivity index (χ0) is 14.3. The van der Waals surface area contributed by atoms with Gasteiger partial charge in [-0.25, -0.2) is 0 Å². The lowest BCUT2D eigenvalue weighted by atomic mass is 9.79.